The van der Waals surface area contributed by atoms with Crippen LogP contribution in [0, 0.1) is 19.7 Å². The Morgan fingerprint density at radius 1 is 1.17 bits per heavy atom. The number of nitrogens with one attached hydrogen (secondary N) is 1. The Hall–Kier alpha value is -2.73. The molecule has 24 heavy (non-hydrogen) atoms. The van der Waals surface area contributed by atoms with Crippen LogP contribution in [-0.4, -0.2) is 16.0 Å². The number of hydrogen-bond acceptors (Lipinski definition) is 4. The quantitative estimate of drug-likeness (QED) is 0.688. The first-order valence-electron chi connectivity index (χ1n) is 7.28. The molecular formula is C18H15FN2O2S. The highest BCUT2D eigenvalue weighted by molar-refractivity contribution is 7.17. The lowest BCUT2D eigenvalue weighted by Crippen LogP contribution is -2.12. The molecule has 0 bridgehead atoms. The van der Waals surface area contributed by atoms with E-state index in [0.29, 0.717) is 21.3 Å². The highest BCUT2D eigenvalue weighted by Crippen LogP contribution is 2.29. The molecule has 0 radical (unpaired) electrons. The van der Waals surface area contributed by atoms with Crippen LogP contribution in [0.2, 0.25) is 0 Å². The van der Waals surface area contributed by atoms with Gasteiger partial charge in [0.1, 0.15) is 21.5 Å². The third kappa shape index (κ3) is 3.28. The normalized spacial score (nSPS) is 10.6. The number of anilines is 1. The zero-order valence-corrected chi connectivity index (χ0v) is 13.9. The minimum Gasteiger partial charge on any atom is -0.508 e. The summed E-state index contributed by atoms with van der Waals surface area (Å²) in [5.41, 5.74) is 2.79. The predicted molar refractivity (Wildman–Crippen MR) is 93.0 cm³/mol. The largest absolute Gasteiger partial charge is 0.508 e. The van der Waals surface area contributed by atoms with E-state index in [9.17, 15) is 14.3 Å². The monoisotopic (exact) mass is 342 g/mol. The number of phenolic OH excluding ortho intramolecular Hbond substituents is 1. The van der Waals surface area contributed by atoms with Crippen LogP contribution in [-0.2, 0) is 0 Å². The summed E-state index contributed by atoms with van der Waals surface area (Å²) in [6, 6.07) is 10.8. The Balaban J connectivity index is 1.86. The fraction of sp³-hybridized carbons (Fsp3) is 0.111. The SMILES string of the molecule is Cc1cc(O)ccc1NC(=O)c1sc(-c2ccc(F)cc2)nc1C. The minimum absolute atomic E-state index is 0.151. The molecule has 0 saturated heterocycles. The van der Waals surface area contributed by atoms with Crippen LogP contribution in [0.3, 0.4) is 0 Å². The summed E-state index contributed by atoms with van der Waals surface area (Å²) >= 11 is 1.26. The summed E-state index contributed by atoms with van der Waals surface area (Å²) in [6.45, 7) is 3.57. The molecule has 1 aromatic heterocycles. The number of aromatic hydroxyl groups is 1. The number of halogens is 1. The molecule has 6 heteroatoms. The second-order valence-corrected chi connectivity index (χ2v) is 6.39. The lowest BCUT2D eigenvalue weighted by atomic mass is 10.2. The van der Waals surface area contributed by atoms with Gasteiger partial charge in [0, 0.05) is 11.3 Å². The third-order valence-corrected chi connectivity index (χ3v) is 4.76. The molecule has 2 N–H and O–H groups in total. The van der Waals surface area contributed by atoms with Crippen molar-refractivity contribution in [1.29, 1.82) is 0 Å². The molecule has 122 valence electrons. The number of phenols is 1. The molecule has 3 aromatic rings. The lowest BCUT2D eigenvalue weighted by molar-refractivity contribution is 0.102. The maximum absolute atomic E-state index is 13.0. The molecule has 4 nitrogen and oxygen atoms in total. The summed E-state index contributed by atoms with van der Waals surface area (Å²) < 4.78 is 13.0. The van der Waals surface area contributed by atoms with E-state index in [0.717, 1.165) is 11.1 Å². The fourth-order valence-electron chi connectivity index (χ4n) is 2.29. The summed E-state index contributed by atoms with van der Waals surface area (Å²) in [5.74, 6) is -0.419. The molecule has 1 amide bonds. The van der Waals surface area contributed by atoms with Crippen molar-refractivity contribution in [3.05, 3.63) is 64.4 Å². The van der Waals surface area contributed by atoms with Crippen LogP contribution < -0.4 is 5.32 Å². The lowest BCUT2D eigenvalue weighted by Gasteiger charge is -2.07. The van der Waals surface area contributed by atoms with Gasteiger partial charge in [0.05, 0.1) is 5.69 Å². The molecule has 0 unspecified atom stereocenters. The van der Waals surface area contributed by atoms with E-state index in [-0.39, 0.29) is 17.5 Å². The Morgan fingerprint density at radius 3 is 2.54 bits per heavy atom. The number of carbonyl (C=O) groups excluding carboxylic acids is 1. The average Bonchev–Trinajstić information content (AvgIpc) is 2.93. The van der Waals surface area contributed by atoms with Gasteiger partial charge in [0.15, 0.2) is 0 Å². The first-order chi connectivity index (χ1) is 11.4. The topological polar surface area (TPSA) is 62.2 Å². The molecular weight excluding hydrogens is 327 g/mol. The van der Waals surface area contributed by atoms with E-state index < -0.39 is 0 Å². The molecule has 0 fully saturated rings. The van der Waals surface area contributed by atoms with Gasteiger partial charge in [0.25, 0.3) is 5.91 Å². The van der Waals surface area contributed by atoms with E-state index >= 15 is 0 Å². The molecule has 0 spiro atoms. The molecule has 0 aliphatic rings. The van der Waals surface area contributed by atoms with Crippen molar-refractivity contribution >= 4 is 22.9 Å². The number of amides is 1. The van der Waals surface area contributed by atoms with Crippen LogP contribution in [0.25, 0.3) is 10.6 Å². The van der Waals surface area contributed by atoms with E-state index in [4.69, 9.17) is 0 Å². The van der Waals surface area contributed by atoms with Crippen molar-refractivity contribution in [3.63, 3.8) is 0 Å². The molecule has 0 aliphatic heterocycles. The van der Waals surface area contributed by atoms with Crippen molar-refractivity contribution in [2.45, 2.75) is 13.8 Å². The predicted octanol–water partition coefficient (Wildman–Crippen LogP) is 4.52. The Labute approximate surface area is 142 Å². The van der Waals surface area contributed by atoms with Gasteiger partial charge < -0.3 is 10.4 Å². The summed E-state index contributed by atoms with van der Waals surface area (Å²) in [4.78, 5) is 17.4. The van der Waals surface area contributed by atoms with E-state index in [1.54, 1.807) is 38.1 Å². The summed E-state index contributed by atoms with van der Waals surface area (Å²) in [5, 5.41) is 12.9. The zero-order chi connectivity index (χ0) is 17.3. The average molecular weight is 342 g/mol. The number of nitrogens with zero attached hydrogens (tertiary/aromatic N) is 1. The van der Waals surface area contributed by atoms with Crippen LogP contribution in [0.5, 0.6) is 5.75 Å². The standard InChI is InChI=1S/C18H15FN2O2S/c1-10-9-14(22)7-8-15(10)21-17(23)16-11(2)20-18(24-16)12-3-5-13(19)6-4-12/h3-9,22H,1-2H3,(H,21,23). The Bertz CT molecular complexity index is 904. The first kappa shape index (κ1) is 16.1. The van der Waals surface area contributed by atoms with Gasteiger partial charge in [-0.2, -0.15) is 0 Å². The second-order valence-electron chi connectivity index (χ2n) is 5.39. The van der Waals surface area contributed by atoms with Crippen LogP contribution in [0.4, 0.5) is 10.1 Å². The van der Waals surface area contributed by atoms with E-state index in [1.165, 1.54) is 29.5 Å². The molecule has 1 heterocycles. The van der Waals surface area contributed by atoms with Crippen LogP contribution >= 0.6 is 11.3 Å². The number of thiazole rings is 1. The number of aryl methyl sites for hydroxylation is 2. The Kier molecular flexibility index (Phi) is 4.31. The molecule has 0 aliphatic carbocycles. The van der Waals surface area contributed by atoms with E-state index in [1.807, 2.05) is 0 Å². The van der Waals surface area contributed by atoms with E-state index in [2.05, 4.69) is 10.3 Å². The molecule has 0 atom stereocenters. The van der Waals surface area contributed by atoms with Crippen LogP contribution in [0.15, 0.2) is 42.5 Å². The van der Waals surface area contributed by atoms with Crippen molar-refractivity contribution in [2.24, 2.45) is 0 Å². The van der Waals surface area contributed by atoms with Gasteiger partial charge in [-0.05, 0) is 61.9 Å². The number of rotatable bonds is 3. The highest BCUT2D eigenvalue weighted by atomic mass is 32.1. The maximum atomic E-state index is 13.0. The molecule has 2 aromatic carbocycles. The van der Waals surface area contributed by atoms with Crippen molar-refractivity contribution in [2.75, 3.05) is 5.32 Å². The number of hydrogen-bond donors (Lipinski definition) is 2. The summed E-state index contributed by atoms with van der Waals surface area (Å²) in [6.07, 6.45) is 0. The Morgan fingerprint density at radius 2 is 1.88 bits per heavy atom. The second kappa shape index (κ2) is 6.41. The third-order valence-electron chi connectivity index (χ3n) is 3.55. The van der Waals surface area contributed by atoms with Crippen molar-refractivity contribution in [1.82, 2.24) is 4.98 Å². The highest BCUT2D eigenvalue weighted by Gasteiger charge is 2.17. The zero-order valence-electron chi connectivity index (χ0n) is 13.1. The first-order valence-corrected chi connectivity index (χ1v) is 8.10. The van der Waals surface area contributed by atoms with Gasteiger partial charge >= 0.3 is 0 Å². The minimum atomic E-state index is -0.312. The molecule has 0 saturated carbocycles. The fourth-order valence-corrected chi connectivity index (χ4v) is 3.26. The number of carbonyl (C=O) groups is 1. The van der Waals surface area contributed by atoms with Gasteiger partial charge in [-0.1, -0.05) is 0 Å². The van der Waals surface area contributed by atoms with Crippen molar-refractivity contribution < 1.29 is 14.3 Å². The maximum Gasteiger partial charge on any atom is 0.267 e. The van der Waals surface area contributed by atoms with Crippen LogP contribution in [0.1, 0.15) is 20.9 Å². The number of aromatic nitrogens is 1. The van der Waals surface area contributed by atoms with Gasteiger partial charge in [0.2, 0.25) is 0 Å². The molecule has 3 rings (SSSR count). The summed E-state index contributed by atoms with van der Waals surface area (Å²) in [7, 11) is 0. The van der Waals surface area contributed by atoms with Gasteiger partial charge in [-0.25, -0.2) is 9.37 Å². The number of benzene rings is 2. The smallest absolute Gasteiger partial charge is 0.267 e. The van der Waals surface area contributed by atoms with Crippen molar-refractivity contribution in [3.8, 4) is 16.3 Å². The van der Waals surface area contributed by atoms with Gasteiger partial charge in [-0.15, -0.1) is 11.3 Å². The van der Waals surface area contributed by atoms with Gasteiger partial charge in [-0.3, -0.25) is 4.79 Å².